The first kappa shape index (κ1) is 26.6. The van der Waals surface area contributed by atoms with Crippen LogP contribution < -0.4 is 10.9 Å². The minimum atomic E-state index is -3.88. The Morgan fingerprint density at radius 2 is 1.90 bits per heavy atom. The molecule has 3 aromatic rings. The quantitative estimate of drug-likeness (QED) is 0.449. The van der Waals surface area contributed by atoms with Crippen LogP contribution in [0.1, 0.15) is 28.6 Å². The Hall–Kier alpha value is -2.59. The fourth-order valence-corrected chi connectivity index (χ4v) is 8.33. The van der Waals surface area contributed by atoms with Gasteiger partial charge < -0.3 is 19.0 Å². The van der Waals surface area contributed by atoms with Crippen LogP contribution in [0.2, 0.25) is 5.02 Å². The van der Waals surface area contributed by atoms with E-state index in [0.29, 0.717) is 55.9 Å². The number of nitrogens with one attached hydrogen (secondary N) is 2. The molecule has 0 aliphatic carbocycles. The minimum Gasteiger partial charge on any atom is -0.436 e. The van der Waals surface area contributed by atoms with Crippen LogP contribution in [0, 0.1) is 0 Å². The van der Waals surface area contributed by atoms with Crippen molar-refractivity contribution >= 4 is 54.9 Å². The lowest BCUT2D eigenvalue weighted by Crippen LogP contribution is -2.58. The molecule has 0 radical (unpaired) electrons. The molecule has 3 aliphatic rings. The van der Waals surface area contributed by atoms with Gasteiger partial charge in [0.25, 0.3) is 15.9 Å². The van der Waals surface area contributed by atoms with Crippen molar-refractivity contribution in [2.24, 2.45) is 0 Å². The second-order valence-corrected chi connectivity index (χ2v) is 13.2. The largest absolute Gasteiger partial charge is 0.436 e. The molecule has 0 spiro atoms. The van der Waals surface area contributed by atoms with Gasteiger partial charge >= 0.3 is 5.91 Å². The third kappa shape index (κ3) is 5.29. The van der Waals surface area contributed by atoms with Crippen molar-refractivity contribution < 1.29 is 27.2 Å². The molecule has 1 aromatic carbocycles. The van der Waals surface area contributed by atoms with Crippen LogP contribution in [0.15, 0.2) is 32.9 Å². The van der Waals surface area contributed by atoms with Crippen molar-refractivity contribution in [2.45, 2.75) is 29.8 Å². The highest BCUT2D eigenvalue weighted by Gasteiger charge is 2.40. The van der Waals surface area contributed by atoms with E-state index in [9.17, 15) is 18.0 Å². The number of carbonyl (C=O) groups is 2. The molecule has 208 valence electrons. The Morgan fingerprint density at radius 1 is 1.10 bits per heavy atom. The summed E-state index contributed by atoms with van der Waals surface area (Å²) in [7, 11) is -3.88. The molecule has 15 heteroatoms. The third-order valence-corrected chi connectivity index (χ3v) is 10.8. The van der Waals surface area contributed by atoms with E-state index in [1.165, 1.54) is 9.21 Å². The molecule has 39 heavy (non-hydrogen) atoms. The van der Waals surface area contributed by atoms with E-state index in [1.807, 2.05) is 0 Å². The first-order valence-corrected chi connectivity index (χ1v) is 15.2. The Kier molecular flexibility index (Phi) is 7.35. The zero-order chi connectivity index (χ0) is 27.1. The number of hydrazine groups is 1. The van der Waals surface area contributed by atoms with Gasteiger partial charge in [0.2, 0.25) is 5.91 Å². The van der Waals surface area contributed by atoms with Gasteiger partial charge in [-0.05, 0) is 23.6 Å². The van der Waals surface area contributed by atoms with E-state index >= 15 is 0 Å². The average molecular weight is 595 g/mol. The molecule has 2 saturated heterocycles. The van der Waals surface area contributed by atoms with Crippen molar-refractivity contribution in [2.75, 3.05) is 45.9 Å². The van der Waals surface area contributed by atoms with Gasteiger partial charge in [0.1, 0.15) is 9.97 Å². The fourth-order valence-electron chi connectivity index (χ4n) is 5.03. The summed E-state index contributed by atoms with van der Waals surface area (Å²) in [5.74, 6) is -0.106. The molecule has 12 nitrogen and oxygen atoms in total. The van der Waals surface area contributed by atoms with Crippen LogP contribution in [0.4, 0.5) is 0 Å². The van der Waals surface area contributed by atoms with Crippen LogP contribution in [0.3, 0.4) is 0 Å². The number of rotatable bonds is 5. The predicted molar refractivity (Wildman–Crippen MR) is 143 cm³/mol. The van der Waals surface area contributed by atoms with Gasteiger partial charge in [0.05, 0.1) is 38.0 Å². The van der Waals surface area contributed by atoms with Crippen molar-refractivity contribution in [3.05, 3.63) is 46.6 Å². The standard InChI is InChI=1S/C24H27ClN6O6S2/c25-16-2-1-15-9-22(38-20(15)10-16)39(34,35)30-3-4-31(17(14-30)11-21(32)29-5-7-36-8-6-29)24(33)23-28-18-12-26-27-13-19(18)37-23/h1-2,9-10,17,26-27H,3-8,11-14H2. The second kappa shape index (κ2) is 10.8. The number of hydrogen-bond donors (Lipinski definition) is 2. The van der Waals surface area contributed by atoms with Gasteiger partial charge in [-0.3, -0.25) is 15.0 Å². The second-order valence-electron chi connectivity index (χ2n) is 9.56. The molecule has 0 saturated carbocycles. The molecule has 2 N–H and O–H groups in total. The number of piperazine rings is 1. The number of halogens is 1. The molecule has 2 fully saturated rings. The summed E-state index contributed by atoms with van der Waals surface area (Å²) in [5, 5.41) is 1.31. The van der Waals surface area contributed by atoms with Crippen LogP contribution in [0.25, 0.3) is 10.1 Å². The van der Waals surface area contributed by atoms with E-state index in [0.717, 1.165) is 21.4 Å². The van der Waals surface area contributed by atoms with Gasteiger partial charge in [-0.1, -0.05) is 17.7 Å². The maximum absolute atomic E-state index is 13.7. The highest BCUT2D eigenvalue weighted by atomic mass is 35.5. The van der Waals surface area contributed by atoms with Crippen molar-refractivity contribution in [1.82, 2.24) is 29.9 Å². The summed E-state index contributed by atoms with van der Waals surface area (Å²) in [6, 6.07) is 6.19. The number of ether oxygens (including phenoxy) is 1. The topological polar surface area (TPSA) is 137 Å². The summed E-state index contributed by atoms with van der Waals surface area (Å²) in [6.07, 6.45) is -0.0245. The molecule has 1 atom stereocenters. The highest BCUT2D eigenvalue weighted by molar-refractivity contribution is 7.91. The number of sulfonamides is 1. The summed E-state index contributed by atoms with van der Waals surface area (Å²) in [6.45, 7) is 2.75. The summed E-state index contributed by atoms with van der Waals surface area (Å²) < 4.78 is 40.8. The number of thiophene rings is 1. The van der Waals surface area contributed by atoms with Gasteiger partial charge in [0.15, 0.2) is 0 Å². The van der Waals surface area contributed by atoms with Crippen molar-refractivity contribution in [1.29, 1.82) is 0 Å². The summed E-state index contributed by atoms with van der Waals surface area (Å²) in [5.41, 5.74) is 6.55. The molecule has 3 aliphatic heterocycles. The number of carbonyl (C=O) groups excluding carboxylic acids is 2. The van der Waals surface area contributed by atoms with Crippen LogP contribution >= 0.6 is 22.9 Å². The van der Waals surface area contributed by atoms with E-state index in [-0.39, 0.29) is 42.1 Å². The van der Waals surface area contributed by atoms with Gasteiger partial charge in [-0.15, -0.1) is 11.3 Å². The Balaban J connectivity index is 1.27. The van der Waals surface area contributed by atoms with E-state index in [2.05, 4.69) is 15.8 Å². The first-order chi connectivity index (χ1) is 18.8. The lowest BCUT2D eigenvalue weighted by atomic mass is 10.1. The molecule has 5 heterocycles. The smallest absolute Gasteiger partial charge is 0.310 e. The van der Waals surface area contributed by atoms with E-state index in [1.54, 1.807) is 29.2 Å². The highest BCUT2D eigenvalue weighted by Crippen LogP contribution is 2.34. The van der Waals surface area contributed by atoms with Crippen LogP contribution in [0.5, 0.6) is 0 Å². The number of fused-ring (bicyclic) bond motifs is 2. The monoisotopic (exact) mass is 594 g/mol. The number of nitrogens with zero attached hydrogens (tertiary/aromatic N) is 4. The number of morpholine rings is 1. The normalized spacial score (nSPS) is 20.8. The van der Waals surface area contributed by atoms with Crippen molar-refractivity contribution in [3.63, 3.8) is 0 Å². The lowest BCUT2D eigenvalue weighted by Gasteiger charge is -2.40. The molecular formula is C24H27ClN6O6S2. The maximum Gasteiger partial charge on any atom is 0.310 e. The zero-order valence-electron chi connectivity index (χ0n) is 20.9. The molecule has 6 rings (SSSR count). The fraction of sp³-hybridized carbons (Fsp3) is 0.458. The SMILES string of the molecule is O=C(CC1CN(S(=O)(=O)c2cc3ccc(Cl)cc3s2)CCN1C(=O)c1nc2c(o1)CNNC2)N1CCOCC1. The Morgan fingerprint density at radius 3 is 2.69 bits per heavy atom. The van der Waals surface area contributed by atoms with E-state index < -0.39 is 22.0 Å². The first-order valence-electron chi connectivity index (χ1n) is 12.6. The summed E-state index contributed by atoms with van der Waals surface area (Å²) >= 11 is 7.25. The van der Waals surface area contributed by atoms with Crippen LogP contribution in [-0.2, 0) is 32.6 Å². The number of oxazole rings is 1. The number of amides is 2. The van der Waals surface area contributed by atoms with Crippen molar-refractivity contribution in [3.8, 4) is 0 Å². The molecule has 2 aromatic heterocycles. The van der Waals surface area contributed by atoms with E-state index in [4.69, 9.17) is 20.8 Å². The minimum absolute atomic E-state index is 0.0245. The maximum atomic E-state index is 13.7. The number of aromatic nitrogens is 1. The Bertz CT molecular complexity index is 1490. The predicted octanol–water partition coefficient (Wildman–Crippen LogP) is 1.41. The van der Waals surface area contributed by atoms with Gasteiger partial charge in [-0.2, -0.15) is 4.31 Å². The Labute approximate surface area is 233 Å². The number of benzene rings is 1. The lowest BCUT2D eigenvalue weighted by molar-refractivity contribution is -0.136. The zero-order valence-corrected chi connectivity index (χ0v) is 23.3. The average Bonchev–Trinajstić information content (AvgIpc) is 3.58. The molecule has 2 amide bonds. The van der Waals surface area contributed by atoms with Crippen LogP contribution in [-0.4, -0.2) is 91.3 Å². The molecular weight excluding hydrogens is 568 g/mol. The number of hydrogen-bond acceptors (Lipinski definition) is 10. The third-order valence-electron chi connectivity index (χ3n) is 7.13. The summed E-state index contributed by atoms with van der Waals surface area (Å²) in [4.78, 5) is 34.3. The van der Waals surface area contributed by atoms with Gasteiger partial charge in [0, 0.05) is 48.9 Å². The molecule has 1 unspecified atom stereocenters. The van der Waals surface area contributed by atoms with Gasteiger partial charge in [-0.25, -0.2) is 18.8 Å². The molecule has 0 bridgehead atoms.